The maximum Gasteiger partial charge on any atom is 0.105 e. The lowest BCUT2D eigenvalue weighted by Gasteiger charge is -1.70. The number of aliphatic hydroxyl groups excluding tert-OH is 1. The van der Waals surface area contributed by atoms with Crippen LogP contribution in [0.5, 0.6) is 0 Å². The zero-order chi connectivity index (χ0) is 7.94. The Hall–Kier alpha value is -1.22. The molecule has 1 rings (SSSR count). The van der Waals surface area contributed by atoms with E-state index in [0.29, 0.717) is 0 Å². The second kappa shape index (κ2) is 4.57. The van der Waals surface area contributed by atoms with Crippen molar-refractivity contribution in [3.63, 3.8) is 0 Å². The van der Waals surface area contributed by atoms with E-state index in [1.165, 1.54) is 0 Å². The molecule has 11 heavy (non-hydrogen) atoms. The molecule has 0 amide bonds. The van der Waals surface area contributed by atoms with E-state index in [1.807, 2.05) is 16.8 Å². The van der Waals surface area contributed by atoms with Gasteiger partial charge in [0.15, 0.2) is 0 Å². The van der Waals surface area contributed by atoms with Gasteiger partial charge in [-0.1, -0.05) is 11.8 Å². The predicted octanol–water partition coefficient (Wildman–Crippen LogP) is 1.10. The SMILES string of the molecule is OCC#CC#Cc1ccsc1. The number of aliphatic hydroxyl groups is 1. The summed E-state index contributed by atoms with van der Waals surface area (Å²) in [7, 11) is 0. The first kappa shape index (κ1) is 7.88. The zero-order valence-corrected chi connectivity index (χ0v) is 6.61. The van der Waals surface area contributed by atoms with Crippen LogP contribution >= 0.6 is 11.3 Å². The first-order valence-electron chi connectivity index (χ1n) is 3.05. The first-order chi connectivity index (χ1) is 5.43. The molecule has 0 aliphatic rings. The predicted molar refractivity (Wildman–Crippen MR) is 46.1 cm³/mol. The van der Waals surface area contributed by atoms with Crippen LogP contribution in [-0.2, 0) is 0 Å². The molecule has 1 aromatic rings. The molecule has 0 aliphatic carbocycles. The summed E-state index contributed by atoms with van der Waals surface area (Å²) in [5.74, 6) is 10.4. The number of hydrogen-bond acceptors (Lipinski definition) is 2. The molecule has 0 aromatic carbocycles. The van der Waals surface area contributed by atoms with Gasteiger partial charge < -0.3 is 5.11 Å². The summed E-state index contributed by atoms with van der Waals surface area (Å²) in [4.78, 5) is 0. The largest absolute Gasteiger partial charge is 0.384 e. The van der Waals surface area contributed by atoms with E-state index >= 15 is 0 Å². The quantitative estimate of drug-likeness (QED) is 0.566. The van der Waals surface area contributed by atoms with Gasteiger partial charge >= 0.3 is 0 Å². The van der Waals surface area contributed by atoms with Crippen molar-refractivity contribution in [1.82, 2.24) is 0 Å². The molecule has 0 saturated carbocycles. The molecular formula is C9H6OS. The minimum Gasteiger partial charge on any atom is -0.384 e. The van der Waals surface area contributed by atoms with Crippen molar-refractivity contribution in [3.8, 4) is 23.7 Å². The molecule has 2 heteroatoms. The van der Waals surface area contributed by atoms with Crippen molar-refractivity contribution in [2.75, 3.05) is 6.61 Å². The molecule has 0 fully saturated rings. The highest BCUT2D eigenvalue weighted by atomic mass is 32.1. The Bertz CT molecular complexity index is 316. The Labute approximate surface area is 69.7 Å². The lowest BCUT2D eigenvalue weighted by molar-refractivity contribution is 0.350. The van der Waals surface area contributed by atoms with E-state index in [-0.39, 0.29) is 6.61 Å². The third-order valence-corrected chi connectivity index (χ3v) is 1.64. The summed E-state index contributed by atoms with van der Waals surface area (Å²) >= 11 is 1.60. The molecule has 0 atom stereocenters. The van der Waals surface area contributed by atoms with E-state index in [9.17, 15) is 0 Å². The van der Waals surface area contributed by atoms with Crippen LogP contribution in [0.4, 0.5) is 0 Å². The van der Waals surface area contributed by atoms with Crippen LogP contribution < -0.4 is 0 Å². The highest BCUT2D eigenvalue weighted by Crippen LogP contribution is 2.02. The molecular weight excluding hydrogens is 156 g/mol. The maximum atomic E-state index is 8.28. The molecule has 0 unspecified atom stereocenters. The summed E-state index contributed by atoms with van der Waals surface area (Å²) in [5.41, 5.74) is 0.974. The Morgan fingerprint density at radius 3 is 3.00 bits per heavy atom. The Morgan fingerprint density at radius 2 is 2.36 bits per heavy atom. The van der Waals surface area contributed by atoms with Crippen LogP contribution in [0.2, 0.25) is 0 Å². The molecule has 1 N–H and O–H groups in total. The van der Waals surface area contributed by atoms with Crippen LogP contribution in [0, 0.1) is 23.7 Å². The standard InChI is InChI=1S/C9H6OS/c10-6-3-1-2-4-9-5-7-11-8-9/h5,7-8,10H,6H2. The molecule has 0 aliphatic heterocycles. The average molecular weight is 162 g/mol. The fraction of sp³-hybridized carbons (Fsp3) is 0.111. The zero-order valence-electron chi connectivity index (χ0n) is 5.79. The van der Waals surface area contributed by atoms with Gasteiger partial charge in [-0.05, 0) is 23.3 Å². The molecule has 0 bridgehead atoms. The van der Waals surface area contributed by atoms with Crippen molar-refractivity contribution in [2.45, 2.75) is 0 Å². The van der Waals surface area contributed by atoms with Gasteiger partial charge in [-0.2, -0.15) is 11.3 Å². The van der Waals surface area contributed by atoms with E-state index in [1.54, 1.807) is 11.3 Å². The monoisotopic (exact) mass is 162 g/mol. The van der Waals surface area contributed by atoms with Gasteiger partial charge in [-0.15, -0.1) is 0 Å². The van der Waals surface area contributed by atoms with Crippen molar-refractivity contribution >= 4 is 11.3 Å². The van der Waals surface area contributed by atoms with Gasteiger partial charge in [0.1, 0.15) is 6.61 Å². The van der Waals surface area contributed by atoms with Crippen molar-refractivity contribution < 1.29 is 5.11 Å². The molecule has 1 heterocycles. The smallest absolute Gasteiger partial charge is 0.105 e. The fourth-order valence-electron chi connectivity index (χ4n) is 0.523. The van der Waals surface area contributed by atoms with E-state index in [4.69, 9.17) is 5.11 Å². The third-order valence-electron chi connectivity index (χ3n) is 0.958. The van der Waals surface area contributed by atoms with Gasteiger partial charge in [-0.3, -0.25) is 0 Å². The second-order valence-corrected chi connectivity index (χ2v) is 2.50. The fourth-order valence-corrected chi connectivity index (χ4v) is 1.11. The Kier molecular flexibility index (Phi) is 3.28. The second-order valence-electron chi connectivity index (χ2n) is 1.72. The molecule has 0 radical (unpaired) electrons. The van der Waals surface area contributed by atoms with Gasteiger partial charge in [0, 0.05) is 10.9 Å². The number of hydrogen-bond donors (Lipinski definition) is 1. The first-order valence-corrected chi connectivity index (χ1v) is 3.99. The van der Waals surface area contributed by atoms with Crippen LogP contribution in [0.15, 0.2) is 16.8 Å². The summed E-state index contributed by atoms with van der Waals surface area (Å²) < 4.78 is 0. The van der Waals surface area contributed by atoms with Crippen LogP contribution in [0.1, 0.15) is 5.56 Å². The molecule has 1 aromatic heterocycles. The normalized spacial score (nSPS) is 7.36. The topological polar surface area (TPSA) is 20.2 Å². The highest BCUT2D eigenvalue weighted by Gasteiger charge is 1.80. The summed E-state index contributed by atoms with van der Waals surface area (Å²) in [6.07, 6.45) is 0. The van der Waals surface area contributed by atoms with E-state index in [0.717, 1.165) is 5.56 Å². The van der Waals surface area contributed by atoms with Gasteiger partial charge in [0.25, 0.3) is 0 Å². The van der Waals surface area contributed by atoms with Crippen LogP contribution in [0.25, 0.3) is 0 Å². The van der Waals surface area contributed by atoms with E-state index < -0.39 is 0 Å². The summed E-state index contributed by atoms with van der Waals surface area (Å²) in [5, 5.41) is 12.2. The highest BCUT2D eigenvalue weighted by molar-refractivity contribution is 7.08. The number of rotatable bonds is 0. The molecule has 0 spiro atoms. The number of thiophene rings is 1. The van der Waals surface area contributed by atoms with Crippen molar-refractivity contribution in [2.24, 2.45) is 0 Å². The minimum atomic E-state index is -0.127. The van der Waals surface area contributed by atoms with E-state index in [2.05, 4.69) is 23.7 Å². The van der Waals surface area contributed by atoms with Crippen molar-refractivity contribution in [3.05, 3.63) is 22.4 Å². The summed E-state index contributed by atoms with van der Waals surface area (Å²) in [6, 6.07) is 1.93. The molecule has 1 nitrogen and oxygen atoms in total. The van der Waals surface area contributed by atoms with Crippen LogP contribution in [0.3, 0.4) is 0 Å². The minimum absolute atomic E-state index is 0.127. The average Bonchev–Trinajstić information content (AvgIpc) is 2.50. The van der Waals surface area contributed by atoms with Gasteiger partial charge in [0.2, 0.25) is 0 Å². The lowest BCUT2D eigenvalue weighted by atomic mass is 10.3. The molecule has 0 saturated heterocycles. The van der Waals surface area contributed by atoms with Gasteiger partial charge in [-0.25, -0.2) is 0 Å². The van der Waals surface area contributed by atoms with Gasteiger partial charge in [0.05, 0.1) is 0 Å². The summed E-state index contributed by atoms with van der Waals surface area (Å²) in [6.45, 7) is -0.127. The maximum absolute atomic E-state index is 8.28. The van der Waals surface area contributed by atoms with Crippen molar-refractivity contribution in [1.29, 1.82) is 0 Å². The Morgan fingerprint density at radius 1 is 1.45 bits per heavy atom. The van der Waals surface area contributed by atoms with Crippen LogP contribution in [-0.4, -0.2) is 11.7 Å². The third kappa shape index (κ3) is 2.91. The lowest BCUT2D eigenvalue weighted by Crippen LogP contribution is -1.69. The molecule has 54 valence electrons. The Balaban J connectivity index is 2.59.